The number of amides is 1. The standard InChI is InChI=1S/C45H61N7O5/c1-7-49-20-16-31(17-21-49)56-42-47-39-33(41(48-42)50-22-18-45(19-23-50)27-51(28-45)43(53)57-44(4,5)6)25-32(30-13-14-30)38(40(39)54-8-2)37-29(3)12-15-35-34(37)26-46-52(35)36-11-9-10-24-55-36/h12,15,25-26,30-31,36H,7-11,13-14,16-24,27-28H2,1-6H3. The van der Waals surface area contributed by atoms with E-state index < -0.39 is 5.60 Å². The molecule has 0 radical (unpaired) electrons. The first-order valence-corrected chi connectivity index (χ1v) is 21.7. The van der Waals surface area contributed by atoms with E-state index in [-0.39, 0.29) is 23.8 Å². The van der Waals surface area contributed by atoms with Gasteiger partial charge in [-0.25, -0.2) is 9.48 Å². The smallest absolute Gasteiger partial charge is 0.410 e. The van der Waals surface area contributed by atoms with Crippen molar-refractivity contribution in [2.45, 2.75) is 123 Å². The summed E-state index contributed by atoms with van der Waals surface area (Å²) in [6.07, 6.45) is 11.2. The van der Waals surface area contributed by atoms with Crippen molar-refractivity contribution in [3.8, 4) is 22.9 Å². The molecule has 2 aromatic carbocycles. The van der Waals surface area contributed by atoms with E-state index in [2.05, 4.69) is 53.5 Å². The molecule has 57 heavy (non-hydrogen) atoms. The van der Waals surface area contributed by atoms with Crippen molar-refractivity contribution in [2.24, 2.45) is 5.41 Å². The van der Waals surface area contributed by atoms with E-state index >= 15 is 0 Å². The van der Waals surface area contributed by atoms with E-state index in [0.29, 0.717) is 18.5 Å². The van der Waals surface area contributed by atoms with Crippen LogP contribution in [0.4, 0.5) is 10.6 Å². The molecule has 1 saturated carbocycles. The van der Waals surface area contributed by atoms with Crippen LogP contribution in [0.25, 0.3) is 32.9 Å². The fourth-order valence-electron chi connectivity index (χ4n) is 9.70. The zero-order valence-corrected chi connectivity index (χ0v) is 34.9. The van der Waals surface area contributed by atoms with Crippen LogP contribution in [0.5, 0.6) is 11.8 Å². The summed E-state index contributed by atoms with van der Waals surface area (Å²) >= 11 is 0. The zero-order valence-electron chi connectivity index (χ0n) is 34.9. The summed E-state index contributed by atoms with van der Waals surface area (Å²) in [5, 5.41) is 7.09. The third kappa shape index (κ3) is 7.52. The molecule has 12 heteroatoms. The van der Waals surface area contributed by atoms with Gasteiger partial charge in [0.25, 0.3) is 0 Å². The molecular weight excluding hydrogens is 719 g/mol. The first-order valence-electron chi connectivity index (χ1n) is 21.7. The van der Waals surface area contributed by atoms with Gasteiger partial charge in [-0.15, -0.1) is 0 Å². The number of benzene rings is 2. The molecule has 1 aliphatic carbocycles. The minimum absolute atomic E-state index is 0.0547. The second kappa shape index (κ2) is 15.2. The molecule has 1 atom stereocenters. The number of hydrogen-bond acceptors (Lipinski definition) is 10. The zero-order chi connectivity index (χ0) is 39.5. The number of likely N-dealkylation sites (tertiary alicyclic amines) is 2. The van der Waals surface area contributed by atoms with Gasteiger partial charge >= 0.3 is 12.1 Å². The van der Waals surface area contributed by atoms with Gasteiger partial charge in [-0.1, -0.05) is 13.0 Å². The number of nitrogens with zero attached hydrogens (tertiary/aromatic N) is 7. The van der Waals surface area contributed by atoms with Gasteiger partial charge in [0, 0.05) is 67.6 Å². The van der Waals surface area contributed by atoms with Gasteiger partial charge in [0.05, 0.1) is 18.3 Å². The summed E-state index contributed by atoms with van der Waals surface area (Å²) in [5.41, 5.74) is 6.27. The number of hydrogen-bond donors (Lipinski definition) is 0. The SMILES string of the molecule is CCOc1c(-c2c(C)ccc3c2cnn3C2CCCCO2)c(C2CC2)cc2c(N3CCC4(CC3)CN(C(=O)OC(C)(C)C)C4)nc(OC3CCN(CC)CC3)nc12. The van der Waals surface area contributed by atoms with Gasteiger partial charge in [-0.2, -0.15) is 15.1 Å². The molecule has 4 aliphatic heterocycles. The molecule has 5 aliphatic rings. The van der Waals surface area contributed by atoms with E-state index in [9.17, 15) is 4.79 Å². The second-order valence-electron chi connectivity index (χ2n) is 18.3. The van der Waals surface area contributed by atoms with Crippen LogP contribution >= 0.6 is 0 Å². The molecule has 1 unspecified atom stereocenters. The van der Waals surface area contributed by atoms with Crippen molar-refractivity contribution in [3.63, 3.8) is 0 Å². The number of rotatable bonds is 9. The number of piperidine rings is 2. The van der Waals surface area contributed by atoms with Crippen molar-refractivity contribution >= 4 is 33.7 Å². The molecule has 4 saturated heterocycles. The number of carbonyl (C=O) groups excluding carboxylic acids is 1. The van der Waals surface area contributed by atoms with Crippen LogP contribution in [-0.2, 0) is 9.47 Å². The van der Waals surface area contributed by atoms with Gasteiger partial charge in [-0.05, 0) is 134 Å². The van der Waals surface area contributed by atoms with Crippen molar-refractivity contribution in [1.82, 2.24) is 29.5 Å². The minimum atomic E-state index is -0.499. The Kier molecular flexibility index (Phi) is 10.2. The number of aromatic nitrogens is 4. The van der Waals surface area contributed by atoms with Gasteiger partial charge in [0.15, 0.2) is 12.0 Å². The number of aryl methyl sites for hydroxylation is 1. The molecule has 5 fully saturated rings. The van der Waals surface area contributed by atoms with Crippen LogP contribution in [0, 0.1) is 12.3 Å². The largest absolute Gasteiger partial charge is 0.491 e. The Morgan fingerprint density at radius 1 is 0.947 bits per heavy atom. The molecule has 306 valence electrons. The third-order valence-corrected chi connectivity index (χ3v) is 13.0. The van der Waals surface area contributed by atoms with Crippen molar-refractivity contribution in [1.29, 1.82) is 0 Å². The van der Waals surface area contributed by atoms with E-state index in [1.807, 2.05) is 31.9 Å². The molecule has 1 amide bonds. The summed E-state index contributed by atoms with van der Waals surface area (Å²) < 4.78 is 27.6. The predicted molar refractivity (Wildman–Crippen MR) is 222 cm³/mol. The Hall–Kier alpha value is -4.16. The van der Waals surface area contributed by atoms with Crippen LogP contribution in [0.15, 0.2) is 24.4 Å². The van der Waals surface area contributed by atoms with E-state index in [1.165, 1.54) is 11.1 Å². The Bertz CT molecular complexity index is 2110. The van der Waals surface area contributed by atoms with Crippen molar-refractivity contribution in [3.05, 3.63) is 35.5 Å². The van der Waals surface area contributed by atoms with Crippen LogP contribution in [0.3, 0.4) is 0 Å². The normalized spacial score (nSPS) is 22.0. The first-order chi connectivity index (χ1) is 27.5. The molecule has 0 N–H and O–H groups in total. The molecule has 4 aromatic rings. The molecule has 2 aromatic heterocycles. The highest BCUT2D eigenvalue weighted by molar-refractivity contribution is 6.06. The fourth-order valence-corrected chi connectivity index (χ4v) is 9.70. The summed E-state index contributed by atoms with van der Waals surface area (Å²) in [6.45, 7) is 19.8. The van der Waals surface area contributed by atoms with Crippen molar-refractivity contribution in [2.75, 3.05) is 63.9 Å². The molecule has 1 spiro atoms. The Labute approximate surface area is 337 Å². The lowest BCUT2D eigenvalue weighted by Crippen LogP contribution is -2.62. The third-order valence-electron chi connectivity index (χ3n) is 13.0. The van der Waals surface area contributed by atoms with Gasteiger partial charge < -0.3 is 33.6 Å². The number of ether oxygens (including phenoxy) is 4. The average Bonchev–Trinajstić information content (AvgIpc) is 3.95. The quantitative estimate of drug-likeness (QED) is 0.164. The summed E-state index contributed by atoms with van der Waals surface area (Å²) in [5.74, 6) is 2.16. The van der Waals surface area contributed by atoms with Crippen LogP contribution < -0.4 is 14.4 Å². The lowest BCUT2D eigenvalue weighted by molar-refractivity contribution is -0.0434. The number of carbonyl (C=O) groups is 1. The lowest BCUT2D eigenvalue weighted by atomic mass is 9.72. The van der Waals surface area contributed by atoms with Gasteiger partial charge in [-0.3, -0.25) is 0 Å². The maximum atomic E-state index is 12.8. The molecule has 0 bridgehead atoms. The van der Waals surface area contributed by atoms with Crippen LogP contribution in [0.1, 0.15) is 116 Å². The maximum absolute atomic E-state index is 12.8. The van der Waals surface area contributed by atoms with Gasteiger partial charge in [0.1, 0.15) is 23.0 Å². The van der Waals surface area contributed by atoms with Gasteiger partial charge in [0.2, 0.25) is 0 Å². The highest BCUT2D eigenvalue weighted by Gasteiger charge is 2.48. The monoisotopic (exact) mass is 779 g/mol. The van der Waals surface area contributed by atoms with E-state index in [0.717, 1.165) is 155 Å². The van der Waals surface area contributed by atoms with E-state index in [4.69, 9.17) is 34.0 Å². The highest BCUT2D eigenvalue weighted by Crippen LogP contribution is 2.53. The van der Waals surface area contributed by atoms with E-state index in [1.54, 1.807) is 0 Å². The first kappa shape index (κ1) is 38.4. The fraction of sp³-hybridized carbons (Fsp3) is 0.644. The summed E-state index contributed by atoms with van der Waals surface area (Å²) in [4.78, 5) is 30.2. The highest BCUT2D eigenvalue weighted by atomic mass is 16.6. The topological polar surface area (TPSA) is 107 Å². The van der Waals surface area contributed by atoms with Crippen molar-refractivity contribution < 1.29 is 23.7 Å². The summed E-state index contributed by atoms with van der Waals surface area (Å²) in [6, 6.07) is 7.24. The molecular formula is C45H61N7O5. The molecule has 9 rings (SSSR count). The Morgan fingerprint density at radius 3 is 2.39 bits per heavy atom. The Balaban J connectivity index is 1.13. The maximum Gasteiger partial charge on any atom is 0.410 e. The predicted octanol–water partition coefficient (Wildman–Crippen LogP) is 8.63. The lowest BCUT2D eigenvalue weighted by Gasteiger charge is -2.53. The average molecular weight is 780 g/mol. The number of anilines is 1. The van der Waals surface area contributed by atoms with Crippen LogP contribution in [-0.4, -0.2) is 106 Å². The van der Waals surface area contributed by atoms with Crippen LogP contribution in [0.2, 0.25) is 0 Å². The number of fused-ring (bicyclic) bond motifs is 2. The Morgan fingerprint density at radius 2 is 1.72 bits per heavy atom. The minimum Gasteiger partial charge on any atom is -0.491 e. The summed E-state index contributed by atoms with van der Waals surface area (Å²) in [7, 11) is 0. The second-order valence-corrected chi connectivity index (χ2v) is 18.3. The molecule has 12 nitrogen and oxygen atoms in total. The molecule has 6 heterocycles.